The van der Waals surface area contributed by atoms with E-state index in [-0.39, 0.29) is 19.1 Å². The van der Waals surface area contributed by atoms with Crippen molar-refractivity contribution in [3.05, 3.63) is 47.7 Å². The van der Waals surface area contributed by atoms with E-state index in [0.717, 1.165) is 11.1 Å². The minimum Gasteiger partial charge on any atom is -0.483 e. The van der Waals surface area contributed by atoms with Gasteiger partial charge in [-0.25, -0.2) is 4.98 Å². The number of aliphatic hydroxyl groups excluding tert-OH is 1. The molecule has 3 N–H and O–H groups in total. The predicted molar refractivity (Wildman–Crippen MR) is 99.1 cm³/mol. The Morgan fingerprint density at radius 1 is 1.24 bits per heavy atom. The Morgan fingerprint density at radius 3 is 2.64 bits per heavy atom. The Kier molecular flexibility index (Phi) is 5.98. The van der Waals surface area contributed by atoms with Gasteiger partial charge in [0.1, 0.15) is 11.6 Å². The fourth-order valence-corrected chi connectivity index (χ4v) is 2.13. The van der Waals surface area contributed by atoms with Gasteiger partial charge in [-0.15, -0.1) is 0 Å². The summed E-state index contributed by atoms with van der Waals surface area (Å²) >= 11 is 0. The van der Waals surface area contributed by atoms with Gasteiger partial charge in [0.25, 0.3) is 5.91 Å². The monoisotopic (exact) mass is 343 g/mol. The number of nitrogens with one attached hydrogen (secondary N) is 2. The fourth-order valence-electron chi connectivity index (χ4n) is 2.13. The molecule has 0 saturated carbocycles. The molecule has 0 aliphatic heterocycles. The summed E-state index contributed by atoms with van der Waals surface area (Å²) in [4.78, 5) is 16.3. The van der Waals surface area contributed by atoms with Gasteiger partial charge in [-0.3, -0.25) is 4.79 Å². The first-order valence-electron chi connectivity index (χ1n) is 8.14. The van der Waals surface area contributed by atoms with Crippen molar-refractivity contribution in [1.82, 2.24) is 4.98 Å². The van der Waals surface area contributed by atoms with Gasteiger partial charge >= 0.3 is 0 Å². The molecule has 2 rings (SSSR count). The molecule has 1 heterocycles. The summed E-state index contributed by atoms with van der Waals surface area (Å²) in [7, 11) is 0. The zero-order chi connectivity index (χ0) is 18.4. The van der Waals surface area contributed by atoms with Crippen molar-refractivity contribution in [2.75, 3.05) is 23.8 Å². The van der Waals surface area contributed by atoms with Crippen LogP contribution in [0.25, 0.3) is 0 Å². The molecular formula is C19H25N3O3. The van der Waals surface area contributed by atoms with Gasteiger partial charge in [-0.05, 0) is 57.0 Å². The summed E-state index contributed by atoms with van der Waals surface area (Å²) in [5.41, 5.74) is 2.19. The molecule has 0 atom stereocenters. The number of nitrogens with zero attached hydrogens (tertiary/aromatic N) is 1. The third-order valence-electron chi connectivity index (χ3n) is 3.61. The van der Waals surface area contributed by atoms with E-state index in [1.54, 1.807) is 18.3 Å². The van der Waals surface area contributed by atoms with Crippen LogP contribution in [0.4, 0.5) is 11.5 Å². The van der Waals surface area contributed by atoms with E-state index < -0.39 is 5.54 Å². The number of hydrogen-bond acceptors (Lipinski definition) is 5. The highest BCUT2D eigenvalue weighted by Crippen LogP contribution is 2.19. The summed E-state index contributed by atoms with van der Waals surface area (Å²) in [5, 5.41) is 15.1. The van der Waals surface area contributed by atoms with Gasteiger partial charge in [0.05, 0.1) is 24.0 Å². The minimum atomic E-state index is -0.461. The van der Waals surface area contributed by atoms with Crippen LogP contribution < -0.4 is 15.4 Å². The van der Waals surface area contributed by atoms with Gasteiger partial charge in [-0.1, -0.05) is 12.1 Å². The van der Waals surface area contributed by atoms with Gasteiger partial charge < -0.3 is 20.5 Å². The number of aromatic nitrogens is 1. The first-order chi connectivity index (χ1) is 11.8. The molecule has 1 amide bonds. The lowest BCUT2D eigenvalue weighted by Gasteiger charge is -2.24. The van der Waals surface area contributed by atoms with Crippen molar-refractivity contribution < 1.29 is 14.6 Å². The van der Waals surface area contributed by atoms with Crippen LogP contribution in [-0.4, -0.2) is 34.8 Å². The van der Waals surface area contributed by atoms with Gasteiger partial charge in [0.15, 0.2) is 6.61 Å². The number of aliphatic hydroxyl groups is 1. The van der Waals surface area contributed by atoms with Gasteiger partial charge in [-0.2, -0.15) is 0 Å². The van der Waals surface area contributed by atoms with Gasteiger partial charge in [0.2, 0.25) is 0 Å². The lowest BCUT2D eigenvalue weighted by Crippen LogP contribution is -2.35. The number of amides is 1. The highest BCUT2D eigenvalue weighted by Gasteiger charge is 2.16. The first-order valence-corrected chi connectivity index (χ1v) is 8.14. The van der Waals surface area contributed by atoms with Crippen molar-refractivity contribution in [2.45, 2.75) is 33.2 Å². The normalized spacial score (nSPS) is 11.1. The predicted octanol–water partition coefficient (Wildman–Crippen LogP) is 2.90. The van der Waals surface area contributed by atoms with Crippen molar-refractivity contribution in [3.8, 4) is 5.75 Å². The maximum Gasteiger partial charge on any atom is 0.262 e. The van der Waals surface area contributed by atoms with E-state index in [1.807, 2.05) is 45.9 Å². The Bertz CT molecular complexity index is 727. The average Bonchev–Trinajstić information content (AvgIpc) is 2.57. The topological polar surface area (TPSA) is 83.5 Å². The first kappa shape index (κ1) is 18.7. The lowest BCUT2D eigenvalue weighted by atomic mass is 10.1. The van der Waals surface area contributed by atoms with Crippen molar-refractivity contribution in [3.63, 3.8) is 0 Å². The molecule has 0 saturated heterocycles. The van der Waals surface area contributed by atoms with Crippen molar-refractivity contribution in [2.24, 2.45) is 0 Å². The molecule has 1 aromatic carbocycles. The third-order valence-corrected chi connectivity index (χ3v) is 3.61. The Balaban J connectivity index is 1.89. The van der Waals surface area contributed by atoms with Crippen molar-refractivity contribution in [1.29, 1.82) is 0 Å². The van der Waals surface area contributed by atoms with Crippen LogP contribution in [-0.2, 0) is 4.79 Å². The van der Waals surface area contributed by atoms with Crippen LogP contribution in [0.2, 0.25) is 0 Å². The molecule has 25 heavy (non-hydrogen) atoms. The van der Waals surface area contributed by atoms with Crippen LogP contribution in [0.1, 0.15) is 25.0 Å². The molecule has 134 valence electrons. The van der Waals surface area contributed by atoms with Crippen molar-refractivity contribution >= 4 is 17.4 Å². The highest BCUT2D eigenvalue weighted by molar-refractivity contribution is 5.91. The standard InChI is InChI=1S/C19H25N3O3/c1-13-5-6-14(2)16(9-13)25-11-18(24)21-15-7-8-17(20-10-15)22-19(3,4)12-23/h5-10,23H,11-12H2,1-4H3,(H,20,22)(H,21,24). The smallest absolute Gasteiger partial charge is 0.262 e. The number of rotatable bonds is 7. The Hall–Kier alpha value is -2.60. The lowest BCUT2D eigenvalue weighted by molar-refractivity contribution is -0.118. The van der Waals surface area contributed by atoms with E-state index in [4.69, 9.17) is 4.74 Å². The molecule has 6 heteroatoms. The van der Waals surface area contributed by atoms with E-state index in [1.165, 1.54) is 0 Å². The largest absolute Gasteiger partial charge is 0.483 e. The zero-order valence-electron chi connectivity index (χ0n) is 15.1. The molecule has 0 spiro atoms. The summed E-state index contributed by atoms with van der Waals surface area (Å²) in [6, 6.07) is 9.37. The summed E-state index contributed by atoms with van der Waals surface area (Å²) in [5.74, 6) is 1.09. The molecule has 0 fully saturated rings. The quantitative estimate of drug-likeness (QED) is 0.720. The molecule has 0 unspecified atom stereocenters. The molecule has 6 nitrogen and oxygen atoms in total. The van der Waals surface area contributed by atoms with E-state index in [9.17, 15) is 9.90 Å². The van der Waals surface area contributed by atoms with Crippen LogP contribution in [0.5, 0.6) is 5.75 Å². The second-order valence-corrected chi connectivity index (χ2v) is 6.70. The second-order valence-electron chi connectivity index (χ2n) is 6.70. The van der Waals surface area contributed by atoms with Crippen LogP contribution in [0.15, 0.2) is 36.5 Å². The molecule has 0 radical (unpaired) electrons. The number of benzene rings is 1. The zero-order valence-corrected chi connectivity index (χ0v) is 15.1. The third kappa shape index (κ3) is 5.76. The maximum atomic E-state index is 12.0. The average molecular weight is 343 g/mol. The summed E-state index contributed by atoms with van der Waals surface area (Å²) < 4.78 is 5.58. The number of aryl methyl sites for hydroxylation is 2. The number of hydrogen-bond donors (Lipinski definition) is 3. The SMILES string of the molecule is Cc1ccc(C)c(OCC(=O)Nc2ccc(NC(C)(C)CO)nc2)c1. The number of carbonyl (C=O) groups is 1. The molecule has 0 aliphatic rings. The number of pyridine rings is 1. The van der Waals surface area contributed by atoms with Crippen LogP contribution in [0.3, 0.4) is 0 Å². The molecule has 1 aromatic heterocycles. The molecule has 0 bridgehead atoms. The van der Waals surface area contributed by atoms with E-state index >= 15 is 0 Å². The van der Waals surface area contributed by atoms with E-state index in [0.29, 0.717) is 17.3 Å². The van der Waals surface area contributed by atoms with Crippen LogP contribution >= 0.6 is 0 Å². The Morgan fingerprint density at radius 2 is 2.00 bits per heavy atom. The maximum absolute atomic E-state index is 12.0. The molecule has 2 aromatic rings. The fraction of sp³-hybridized carbons (Fsp3) is 0.368. The number of ether oxygens (including phenoxy) is 1. The summed E-state index contributed by atoms with van der Waals surface area (Å²) in [6.07, 6.45) is 1.56. The summed E-state index contributed by atoms with van der Waals surface area (Å²) in [6.45, 7) is 7.58. The molecule has 0 aliphatic carbocycles. The number of anilines is 2. The van der Waals surface area contributed by atoms with E-state index in [2.05, 4.69) is 15.6 Å². The molecular weight excluding hydrogens is 318 g/mol. The highest BCUT2D eigenvalue weighted by atomic mass is 16.5. The Labute approximate surface area is 148 Å². The minimum absolute atomic E-state index is 0.0110. The van der Waals surface area contributed by atoms with Gasteiger partial charge in [0, 0.05) is 0 Å². The number of carbonyl (C=O) groups excluding carboxylic acids is 1. The second kappa shape index (κ2) is 7.98. The van der Waals surface area contributed by atoms with Crippen LogP contribution in [0, 0.1) is 13.8 Å².